The maximum absolute atomic E-state index is 12.1. The van der Waals surface area contributed by atoms with E-state index in [1.54, 1.807) is 6.20 Å². The number of amides is 1. The highest BCUT2D eigenvalue weighted by atomic mass is 16.1. The fourth-order valence-electron chi connectivity index (χ4n) is 2.00. The van der Waals surface area contributed by atoms with E-state index < -0.39 is 0 Å². The molecule has 0 atom stereocenters. The Morgan fingerprint density at radius 1 is 1.10 bits per heavy atom. The van der Waals surface area contributed by atoms with Crippen LogP contribution in [0.3, 0.4) is 0 Å². The van der Waals surface area contributed by atoms with Gasteiger partial charge in [0.15, 0.2) is 0 Å². The first-order chi connectivity index (χ1) is 9.96. The Balaban J connectivity index is 1.97. The van der Waals surface area contributed by atoms with Crippen LogP contribution in [0, 0.1) is 5.41 Å². The first-order valence-corrected chi connectivity index (χ1v) is 7.24. The molecule has 0 saturated carbocycles. The van der Waals surface area contributed by atoms with Gasteiger partial charge in [0, 0.05) is 24.5 Å². The second-order valence-electron chi connectivity index (χ2n) is 6.39. The third kappa shape index (κ3) is 4.71. The summed E-state index contributed by atoms with van der Waals surface area (Å²) in [6.07, 6.45) is 4.53. The van der Waals surface area contributed by atoms with Crippen molar-refractivity contribution in [1.29, 1.82) is 0 Å². The van der Waals surface area contributed by atoms with Gasteiger partial charge in [-0.1, -0.05) is 39.0 Å². The van der Waals surface area contributed by atoms with Crippen LogP contribution in [0.2, 0.25) is 0 Å². The Morgan fingerprint density at radius 2 is 1.81 bits per heavy atom. The van der Waals surface area contributed by atoms with Crippen LogP contribution < -0.4 is 5.32 Å². The van der Waals surface area contributed by atoms with Gasteiger partial charge in [-0.05, 0) is 41.2 Å². The predicted molar refractivity (Wildman–Crippen MR) is 86.1 cm³/mol. The maximum Gasteiger partial charge on any atom is 0.251 e. The number of rotatable bonds is 4. The first kappa shape index (κ1) is 15.2. The van der Waals surface area contributed by atoms with E-state index >= 15 is 0 Å². The Hall–Kier alpha value is -2.16. The number of pyridine rings is 1. The van der Waals surface area contributed by atoms with Crippen molar-refractivity contribution in [2.24, 2.45) is 5.41 Å². The smallest absolute Gasteiger partial charge is 0.251 e. The molecule has 0 aliphatic carbocycles. The lowest BCUT2D eigenvalue weighted by Crippen LogP contribution is -2.27. The first-order valence-electron chi connectivity index (χ1n) is 7.24. The Labute approximate surface area is 126 Å². The summed E-state index contributed by atoms with van der Waals surface area (Å²) in [6.45, 7) is 7.21. The van der Waals surface area contributed by atoms with E-state index in [2.05, 4.69) is 31.1 Å². The fourth-order valence-corrected chi connectivity index (χ4v) is 2.00. The number of carbonyl (C=O) groups excluding carboxylic acids is 1. The number of aromatic nitrogens is 1. The minimum absolute atomic E-state index is 0.0167. The number of nitrogens with zero attached hydrogens (tertiary/aromatic N) is 1. The van der Waals surface area contributed by atoms with E-state index in [0.29, 0.717) is 12.1 Å². The average Bonchev–Trinajstić information content (AvgIpc) is 2.47. The van der Waals surface area contributed by atoms with Crippen LogP contribution in [-0.2, 0) is 0 Å². The Kier molecular flexibility index (Phi) is 4.73. The van der Waals surface area contributed by atoms with Crippen molar-refractivity contribution in [3.8, 4) is 11.1 Å². The van der Waals surface area contributed by atoms with Crippen LogP contribution in [-0.4, -0.2) is 17.4 Å². The summed E-state index contributed by atoms with van der Waals surface area (Å²) in [5.74, 6) is -0.0167. The van der Waals surface area contributed by atoms with Crippen LogP contribution in [0.5, 0.6) is 0 Å². The minimum atomic E-state index is -0.0167. The summed E-state index contributed by atoms with van der Waals surface area (Å²) < 4.78 is 0. The second-order valence-corrected chi connectivity index (χ2v) is 6.39. The number of benzene rings is 1. The molecule has 21 heavy (non-hydrogen) atoms. The van der Waals surface area contributed by atoms with E-state index in [0.717, 1.165) is 17.5 Å². The third-order valence-corrected chi connectivity index (χ3v) is 3.30. The minimum Gasteiger partial charge on any atom is -0.352 e. The van der Waals surface area contributed by atoms with Gasteiger partial charge in [-0.3, -0.25) is 9.78 Å². The van der Waals surface area contributed by atoms with Gasteiger partial charge in [0.25, 0.3) is 5.91 Å². The molecule has 0 unspecified atom stereocenters. The molecule has 0 aliphatic rings. The van der Waals surface area contributed by atoms with Gasteiger partial charge >= 0.3 is 0 Å². The Bertz CT molecular complexity index is 583. The van der Waals surface area contributed by atoms with E-state index in [9.17, 15) is 4.79 Å². The molecule has 1 aromatic carbocycles. The lowest BCUT2D eigenvalue weighted by atomic mass is 9.92. The highest BCUT2D eigenvalue weighted by Gasteiger charge is 2.11. The zero-order valence-corrected chi connectivity index (χ0v) is 12.9. The summed E-state index contributed by atoms with van der Waals surface area (Å²) in [6, 6.07) is 11.5. The van der Waals surface area contributed by atoms with Crippen LogP contribution in [0.25, 0.3) is 11.1 Å². The van der Waals surface area contributed by atoms with Crippen molar-refractivity contribution >= 4 is 5.91 Å². The van der Waals surface area contributed by atoms with Crippen LogP contribution in [0.1, 0.15) is 37.6 Å². The molecule has 0 saturated heterocycles. The van der Waals surface area contributed by atoms with Gasteiger partial charge in [-0.25, -0.2) is 0 Å². The van der Waals surface area contributed by atoms with Crippen molar-refractivity contribution in [2.75, 3.05) is 6.54 Å². The molecule has 0 bridgehead atoms. The zero-order valence-electron chi connectivity index (χ0n) is 12.9. The van der Waals surface area contributed by atoms with E-state index in [1.165, 1.54) is 0 Å². The van der Waals surface area contributed by atoms with E-state index in [4.69, 9.17) is 0 Å². The molecule has 3 nitrogen and oxygen atoms in total. The van der Waals surface area contributed by atoms with Crippen LogP contribution in [0.4, 0.5) is 0 Å². The van der Waals surface area contributed by atoms with Crippen molar-refractivity contribution in [3.05, 3.63) is 54.4 Å². The highest BCUT2D eigenvalue weighted by molar-refractivity contribution is 5.94. The van der Waals surface area contributed by atoms with Crippen molar-refractivity contribution in [2.45, 2.75) is 27.2 Å². The molecule has 0 spiro atoms. The molecule has 1 N–H and O–H groups in total. The van der Waals surface area contributed by atoms with Gasteiger partial charge in [0.05, 0.1) is 0 Å². The molecule has 2 rings (SSSR count). The van der Waals surface area contributed by atoms with Gasteiger partial charge in [-0.15, -0.1) is 0 Å². The van der Waals surface area contributed by atoms with Crippen molar-refractivity contribution < 1.29 is 4.79 Å². The quantitative estimate of drug-likeness (QED) is 0.923. The van der Waals surface area contributed by atoms with Crippen molar-refractivity contribution in [3.63, 3.8) is 0 Å². The lowest BCUT2D eigenvalue weighted by Gasteiger charge is -2.18. The average molecular weight is 282 g/mol. The summed E-state index contributed by atoms with van der Waals surface area (Å²) in [5, 5.41) is 2.96. The molecule has 1 aromatic heterocycles. The standard InChI is InChI=1S/C18H22N2O/c1-18(2,3)10-12-20-17(21)15-8-6-14(7-9-15)16-5-4-11-19-13-16/h4-9,11,13H,10,12H2,1-3H3,(H,20,21). The molecular formula is C18H22N2O. The topological polar surface area (TPSA) is 42.0 Å². The largest absolute Gasteiger partial charge is 0.352 e. The van der Waals surface area contributed by atoms with Crippen molar-refractivity contribution in [1.82, 2.24) is 10.3 Å². The molecule has 0 radical (unpaired) electrons. The van der Waals surface area contributed by atoms with Crippen LogP contribution >= 0.6 is 0 Å². The van der Waals surface area contributed by atoms with Crippen LogP contribution in [0.15, 0.2) is 48.8 Å². The number of carbonyl (C=O) groups is 1. The van der Waals surface area contributed by atoms with E-state index in [-0.39, 0.29) is 11.3 Å². The van der Waals surface area contributed by atoms with Gasteiger partial charge in [0.1, 0.15) is 0 Å². The van der Waals surface area contributed by atoms with Gasteiger partial charge < -0.3 is 5.32 Å². The third-order valence-electron chi connectivity index (χ3n) is 3.30. The number of nitrogens with one attached hydrogen (secondary N) is 1. The summed E-state index contributed by atoms with van der Waals surface area (Å²) in [5.41, 5.74) is 3.04. The highest BCUT2D eigenvalue weighted by Crippen LogP contribution is 2.19. The predicted octanol–water partition coefficient (Wildman–Crippen LogP) is 3.91. The normalized spacial score (nSPS) is 11.2. The molecule has 110 valence electrons. The number of hydrogen-bond donors (Lipinski definition) is 1. The summed E-state index contributed by atoms with van der Waals surface area (Å²) in [4.78, 5) is 16.2. The molecule has 0 aliphatic heterocycles. The summed E-state index contributed by atoms with van der Waals surface area (Å²) in [7, 11) is 0. The molecule has 1 heterocycles. The monoisotopic (exact) mass is 282 g/mol. The summed E-state index contributed by atoms with van der Waals surface area (Å²) >= 11 is 0. The van der Waals surface area contributed by atoms with Gasteiger partial charge in [-0.2, -0.15) is 0 Å². The number of hydrogen-bond acceptors (Lipinski definition) is 2. The Morgan fingerprint density at radius 3 is 2.38 bits per heavy atom. The molecule has 0 fully saturated rings. The van der Waals surface area contributed by atoms with Gasteiger partial charge in [0.2, 0.25) is 0 Å². The molecule has 3 heteroatoms. The SMILES string of the molecule is CC(C)(C)CCNC(=O)c1ccc(-c2cccnc2)cc1. The maximum atomic E-state index is 12.1. The fraction of sp³-hybridized carbons (Fsp3) is 0.333. The molecule has 2 aromatic rings. The second kappa shape index (κ2) is 6.53. The molecule has 1 amide bonds. The molecular weight excluding hydrogens is 260 g/mol. The van der Waals surface area contributed by atoms with E-state index in [1.807, 2.05) is 42.6 Å². The zero-order chi connectivity index (χ0) is 15.3. The lowest BCUT2D eigenvalue weighted by molar-refractivity contribution is 0.0949.